The summed E-state index contributed by atoms with van der Waals surface area (Å²) in [4.78, 5) is 19.5. The first kappa shape index (κ1) is 17.7. The van der Waals surface area contributed by atoms with Crippen molar-refractivity contribution in [1.29, 1.82) is 0 Å². The van der Waals surface area contributed by atoms with Gasteiger partial charge in [-0.15, -0.1) is 0 Å². The molecular weight excluding hydrogens is 338 g/mol. The lowest BCUT2D eigenvalue weighted by molar-refractivity contribution is -0.121. The lowest BCUT2D eigenvalue weighted by Gasteiger charge is -2.34. The van der Waals surface area contributed by atoms with E-state index in [4.69, 9.17) is 4.42 Å². The van der Waals surface area contributed by atoms with Gasteiger partial charge in [0.1, 0.15) is 5.52 Å². The molecule has 1 amide bonds. The lowest BCUT2D eigenvalue weighted by Crippen LogP contribution is -2.45. The van der Waals surface area contributed by atoms with Gasteiger partial charge in [0.2, 0.25) is 5.91 Å². The fourth-order valence-electron chi connectivity index (χ4n) is 3.73. The van der Waals surface area contributed by atoms with Gasteiger partial charge in [0.15, 0.2) is 11.5 Å². The lowest BCUT2D eigenvalue weighted by atomic mass is 9.95. The second kappa shape index (κ2) is 7.53. The van der Waals surface area contributed by atoms with Gasteiger partial charge in [0.05, 0.1) is 6.04 Å². The van der Waals surface area contributed by atoms with Gasteiger partial charge in [-0.25, -0.2) is 4.98 Å². The highest BCUT2D eigenvalue weighted by molar-refractivity contribution is 5.94. The molecule has 1 atom stereocenters. The van der Waals surface area contributed by atoms with Crippen LogP contribution in [-0.2, 0) is 4.79 Å². The molecule has 1 N–H and O–H groups in total. The third-order valence-corrected chi connectivity index (χ3v) is 5.40. The quantitative estimate of drug-likeness (QED) is 0.749. The van der Waals surface area contributed by atoms with E-state index >= 15 is 0 Å². The van der Waals surface area contributed by atoms with Gasteiger partial charge in [-0.05, 0) is 69.6 Å². The molecule has 0 spiro atoms. The first-order valence-electron chi connectivity index (χ1n) is 9.57. The van der Waals surface area contributed by atoms with E-state index in [1.807, 2.05) is 62.4 Å². The van der Waals surface area contributed by atoms with Gasteiger partial charge >= 0.3 is 0 Å². The number of nitrogens with one attached hydrogen (secondary N) is 1. The van der Waals surface area contributed by atoms with Crippen molar-refractivity contribution in [3.8, 4) is 0 Å². The van der Waals surface area contributed by atoms with E-state index in [0.29, 0.717) is 5.92 Å². The normalized spacial score (nSPS) is 17.1. The highest BCUT2D eigenvalue weighted by Crippen LogP contribution is 2.30. The second-order valence-corrected chi connectivity index (χ2v) is 7.36. The van der Waals surface area contributed by atoms with Crippen LogP contribution in [0.1, 0.15) is 37.1 Å². The van der Waals surface area contributed by atoms with Crippen LogP contribution in [0.3, 0.4) is 0 Å². The molecule has 3 aromatic rings. The monoisotopic (exact) mass is 363 g/mol. The molecule has 1 aliphatic heterocycles. The zero-order valence-corrected chi connectivity index (χ0v) is 15.8. The standard InChI is InChI=1S/C22H25N3O2/c1-15-6-5-7-18(14-15)23-21(26)16(2)25-12-10-17(11-13-25)22-24-19-8-3-4-9-20(19)27-22/h3-9,14,16-17H,10-13H2,1-2H3,(H,23,26). The minimum atomic E-state index is -0.157. The summed E-state index contributed by atoms with van der Waals surface area (Å²) in [5.74, 6) is 1.19. The van der Waals surface area contributed by atoms with Crippen LogP contribution in [0.5, 0.6) is 0 Å². The molecule has 1 aromatic heterocycles. The van der Waals surface area contributed by atoms with Crippen LogP contribution in [0, 0.1) is 6.92 Å². The first-order valence-corrected chi connectivity index (χ1v) is 9.57. The Labute approximate surface area is 159 Å². The maximum atomic E-state index is 12.6. The van der Waals surface area contributed by atoms with Crippen molar-refractivity contribution in [1.82, 2.24) is 9.88 Å². The van der Waals surface area contributed by atoms with Gasteiger partial charge in [0.25, 0.3) is 0 Å². The number of hydrogen-bond donors (Lipinski definition) is 1. The van der Waals surface area contributed by atoms with E-state index in [9.17, 15) is 4.79 Å². The summed E-state index contributed by atoms with van der Waals surface area (Å²) in [7, 11) is 0. The maximum Gasteiger partial charge on any atom is 0.241 e. The summed E-state index contributed by atoms with van der Waals surface area (Å²) < 4.78 is 5.93. The van der Waals surface area contributed by atoms with Gasteiger partial charge in [-0.2, -0.15) is 0 Å². The molecule has 1 saturated heterocycles. The van der Waals surface area contributed by atoms with Crippen molar-refractivity contribution in [2.24, 2.45) is 0 Å². The molecule has 0 saturated carbocycles. The number of carbonyl (C=O) groups is 1. The third-order valence-electron chi connectivity index (χ3n) is 5.40. The van der Waals surface area contributed by atoms with Crippen LogP contribution in [0.15, 0.2) is 52.9 Å². The van der Waals surface area contributed by atoms with Crippen LogP contribution >= 0.6 is 0 Å². The number of anilines is 1. The van der Waals surface area contributed by atoms with E-state index in [-0.39, 0.29) is 11.9 Å². The van der Waals surface area contributed by atoms with Crippen LogP contribution in [0.25, 0.3) is 11.1 Å². The van der Waals surface area contributed by atoms with E-state index in [2.05, 4.69) is 15.2 Å². The average molecular weight is 363 g/mol. The minimum Gasteiger partial charge on any atom is -0.440 e. The van der Waals surface area contributed by atoms with Crippen molar-refractivity contribution in [3.05, 3.63) is 60.0 Å². The summed E-state index contributed by atoms with van der Waals surface area (Å²) in [6.45, 7) is 5.73. The Bertz CT molecular complexity index is 908. The van der Waals surface area contributed by atoms with Gasteiger partial charge < -0.3 is 9.73 Å². The number of likely N-dealkylation sites (tertiary alicyclic amines) is 1. The van der Waals surface area contributed by atoms with E-state index < -0.39 is 0 Å². The molecule has 0 bridgehead atoms. The summed E-state index contributed by atoms with van der Waals surface area (Å²) in [6.07, 6.45) is 1.91. The van der Waals surface area contributed by atoms with E-state index in [0.717, 1.165) is 54.2 Å². The molecule has 0 radical (unpaired) electrons. The first-order chi connectivity index (χ1) is 13.1. The molecule has 1 aliphatic rings. The Hall–Kier alpha value is -2.66. The van der Waals surface area contributed by atoms with Crippen molar-refractivity contribution < 1.29 is 9.21 Å². The van der Waals surface area contributed by atoms with Gasteiger partial charge in [-0.1, -0.05) is 24.3 Å². The topological polar surface area (TPSA) is 58.4 Å². The maximum absolute atomic E-state index is 12.6. The van der Waals surface area contributed by atoms with Crippen molar-refractivity contribution in [2.45, 2.75) is 38.6 Å². The summed E-state index contributed by atoms with van der Waals surface area (Å²) in [5.41, 5.74) is 3.76. The molecule has 1 unspecified atom stereocenters. The predicted molar refractivity (Wildman–Crippen MR) is 107 cm³/mol. The fourth-order valence-corrected chi connectivity index (χ4v) is 3.73. The smallest absolute Gasteiger partial charge is 0.241 e. The second-order valence-electron chi connectivity index (χ2n) is 7.36. The van der Waals surface area contributed by atoms with E-state index in [1.165, 1.54) is 0 Å². The minimum absolute atomic E-state index is 0.0425. The number of para-hydroxylation sites is 2. The van der Waals surface area contributed by atoms with Crippen LogP contribution < -0.4 is 5.32 Å². The number of nitrogens with zero attached hydrogens (tertiary/aromatic N) is 2. The highest BCUT2D eigenvalue weighted by Gasteiger charge is 2.29. The third kappa shape index (κ3) is 3.88. The van der Waals surface area contributed by atoms with Crippen LogP contribution in [0.2, 0.25) is 0 Å². The molecule has 0 aliphatic carbocycles. The number of aromatic nitrogens is 1. The molecule has 2 aromatic carbocycles. The Kier molecular flexibility index (Phi) is 4.94. The number of aryl methyl sites for hydroxylation is 1. The molecular formula is C22H25N3O2. The average Bonchev–Trinajstić information content (AvgIpc) is 3.12. The molecule has 5 nitrogen and oxygen atoms in total. The summed E-state index contributed by atoms with van der Waals surface area (Å²) >= 11 is 0. The van der Waals surface area contributed by atoms with Gasteiger partial charge in [0, 0.05) is 11.6 Å². The van der Waals surface area contributed by atoms with Crippen molar-refractivity contribution in [3.63, 3.8) is 0 Å². The molecule has 140 valence electrons. The molecule has 1 fully saturated rings. The zero-order chi connectivity index (χ0) is 18.8. The molecule has 5 heteroatoms. The summed E-state index contributed by atoms with van der Waals surface area (Å²) in [5, 5.41) is 3.03. The molecule has 27 heavy (non-hydrogen) atoms. The summed E-state index contributed by atoms with van der Waals surface area (Å²) in [6, 6.07) is 15.6. The van der Waals surface area contributed by atoms with Crippen molar-refractivity contribution in [2.75, 3.05) is 18.4 Å². The Morgan fingerprint density at radius 3 is 2.70 bits per heavy atom. The van der Waals surface area contributed by atoms with Crippen LogP contribution in [-0.4, -0.2) is 34.9 Å². The van der Waals surface area contributed by atoms with E-state index in [1.54, 1.807) is 0 Å². The largest absolute Gasteiger partial charge is 0.440 e. The molecule has 4 rings (SSSR count). The number of fused-ring (bicyclic) bond motifs is 1. The Morgan fingerprint density at radius 2 is 1.96 bits per heavy atom. The SMILES string of the molecule is Cc1cccc(NC(=O)C(C)N2CCC(c3nc4ccccc4o3)CC2)c1. The number of piperidine rings is 1. The molecule has 2 heterocycles. The highest BCUT2D eigenvalue weighted by atomic mass is 16.3. The van der Waals surface area contributed by atoms with Crippen molar-refractivity contribution >= 4 is 22.7 Å². The zero-order valence-electron chi connectivity index (χ0n) is 15.8. The number of amides is 1. The fraction of sp³-hybridized carbons (Fsp3) is 0.364. The number of rotatable bonds is 4. The van der Waals surface area contributed by atoms with Crippen LogP contribution in [0.4, 0.5) is 5.69 Å². The number of benzene rings is 2. The number of oxazole rings is 1. The Morgan fingerprint density at radius 1 is 1.19 bits per heavy atom. The Balaban J connectivity index is 1.36. The number of carbonyl (C=O) groups excluding carboxylic acids is 1. The predicted octanol–water partition coefficient (Wildman–Crippen LogP) is 4.34. The number of hydrogen-bond acceptors (Lipinski definition) is 4. The van der Waals surface area contributed by atoms with Gasteiger partial charge in [-0.3, -0.25) is 9.69 Å².